The second kappa shape index (κ2) is 7.66. The predicted octanol–water partition coefficient (Wildman–Crippen LogP) is 3.61. The van der Waals surface area contributed by atoms with Gasteiger partial charge in [-0.2, -0.15) is 5.26 Å². The first-order chi connectivity index (χ1) is 11.0. The van der Waals surface area contributed by atoms with Gasteiger partial charge in [-0.25, -0.2) is 4.79 Å². The summed E-state index contributed by atoms with van der Waals surface area (Å²) in [5.41, 5.74) is 0.484. The first-order valence-electron chi connectivity index (χ1n) is 7.11. The number of ether oxygens (including phenoxy) is 1. The van der Waals surface area contributed by atoms with Gasteiger partial charge < -0.3 is 4.74 Å². The van der Waals surface area contributed by atoms with E-state index >= 15 is 0 Å². The van der Waals surface area contributed by atoms with Crippen LogP contribution in [0.15, 0.2) is 39.3 Å². The van der Waals surface area contributed by atoms with Crippen LogP contribution in [0.2, 0.25) is 0 Å². The Balaban J connectivity index is 2.54. The van der Waals surface area contributed by atoms with Crippen molar-refractivity contribution in [3.05, 3.63) is 39.3 Å². The molecule has 7 heteroatoms. The highest BCUT2D eigenvalue weighted by molar-refractivity contribution is 9.10. The monoisotopic (exact) mass is 394 g/mol. The average molecular weight is 395 g/mol. The minimum absolute atomic E-state index is 0.133. The van der Waals surface area contributed by atoms with E-state index in [1.807, 2.05) is 13.0 Å². The SMILES string of the molecule is CCOC(=O)C(C#N)=C1SC(CC)C(=O)N1c1ccc(Br)cc1. The molecule has 0 aromatic heterocycles. The molecule has 0 spiro atoms. The minimum atomic E-state index is -0.704. The van der Waals surface area contributed by atoms with Crippen molar-refractivity contribution >= 4 is 45.3 Å². The maximum absolute atomic E-state index is 12.6. The van der Waals surface area contributed by atoms with Crippen LogP contribution in [0.5, 0.6) is 0 Å². The van der Waals surface area contributed by atoms with Gasteiger partial charge in [0, 0.05) is 10.2 Å². The van der Waals surface area contributed by atoms with E-state index in [9.17, 15) is 14.9 Å². The normalized spacial score (nSPS) is 19.5. The first kappa shape index (κ1) is 17.6. The Bertz CT molecular complexity index is 694. The molecule has 1 atom stereocenters. The second-order valence-corrected chi connectivity index (χ2v) is 6.78. The highest BCUT2D eigenvalue weighted by Crippen LogP contribution is 2.42. The van der Waals surface area contributed by atoms with E-state index < -0.39 is 5.97 Å². The molecule has 1 aromatic rings. The molecular weight excluding hydrogens is 380 g/mol. The van der Waals surface area contributed by atoms with E-state index in [0.29, 0.717) is 17.1 Å². The average Bonchev–Trinajstić information content (AvgIpc) is 2.86. The van der Waals surface area contributed by atoms with Crippen molar-refractivity contribution in [2.45, 2.75) is 25.5 Å². The molecule has 1 saturated heterocycles. The Morgan fingerprint density at radius 2 is 2.04 bits per heavy atom. The summed E-state index contributed by atoms with van der Waals surface area (Å²) in [5, 5.41) is 9.39. The van der Waals surface area contributed by atoms with Gasteiger partial charge in [-0.05, 0) is 37.6 Å². The van der Waals surface area contributed by atoms with Gasteiger partial charge in [0.25, 0.3) is 0 Å². The molecule has 1 aliphatic heterocycles. The standard InChI is InChI=1S/C16H15BrN2O3S/c1-3-13-14(20)19(11-7-5-10(17)6-8-11)15(23-13)12(9-18)16(21)22-4-2/h5-8,13H,3-4H2,1-2H3. The van der Waals surface area contributed by atoms with E-state index in [-0.39, 0.29) is 23.3 Å². The summed E-state index contributed by atoms with van der Waals surface area (Å²) in [6, 6.07) is 9.03. The van der Waals surface area contributed by atoms with Crippen molar-refractivity contribution in [1.82, 2.24) is 0 Å². The van der Waals surface area contributed by atoms with Crippen LogP contribution in [0.25, 0.3) is 0 Å². The molecular formula is C16H15BrN2O3S. The largest absolute Gasteiger partial charge is 0.462 e. The number of carbonyl (C=O) groups is 2. The van der Waals surface area contributed by atoms with Crippen molar-refractivity contribution in [2.75, 3.05) is 11.5 Å². The number of nitriles is 1. The van der Waals surface area contributed by atoms with Gasteiger partial charge in [0.2, 0.25) is 5.91 Å². The molecule has 23 heavy (non-hydrogen) atoms. The van der Waals surface area contributed by atoms with Crippen LogP contribution >= 0.6 is 27.7 Å². The molecule has 0 N–H and O–H groups in total. The quantitative estimate of drug-likeness (QED) is 0.443. The number of nitrogens with zero attached hydrogens (tertiary/aromatic N) is 2. The third kappa shape index (κ3) is 3.59. The predicted molar refractivity (Wildman–Crippen MR) is 92.6 cm³/mol. The van der Waals surface area contributed by atoms with Crippen LogP contribution in [0.4, 0.5) is 5.69 Å². The van der Waals surface area contributed by atoms with E-state index in [4.69, 9.17) is 4.74 Å². The van der Waals surface area contributed by atoms with Crippen molar-refractivity contribution in [3.63, 3.8) is 0 Å². The fourth-order valence-corrected chi connectivity index (χ4v) is 3.58. The Hall–Kier alpha value is -1.78. The summed E-state index contributed by atoms with van der Waals surface area (Å²) in [5.74, 6) is -0.837. The van der Waals surface area contributed by atoms with Gasteiger partial charge in [-0.15, -0.1) is 0 Å². The maximum Gasteiger partial charge on any atom is 0.351 e. The fourth-order valence-electron chi connectivity index (χ4n) is 2.13. The molecule has 1 fully saturated rings. The summed E-state index contributed by atoms with van der Waals surface area (Å²) in [6.07, 6.45) is 0.613. The smallest absolute Gasteiger partial charge is 0.351 e. The van der Waals surface area contributed by atoms with Crippen molar-refractivity contribution in [1.29, 1.82) is 5.26 Å². The number of thioether (sulfide) groups is 1. The molecule has 1 aromatic carbocycles. The number of amides is 1. The summed E-state index contributed by atoms with van der Waals surface area (Å²) in [6.45, 7) is 3.74. The number of anilines is 1. The lowest BCUT2D eigenvalue weighted by atomic mass is 10.2. The van der Waals surface area contributed by atoms with E-state index in [2.05, 4.69) is 15.9 Å². The highest BCUT2D eigenvalue weighted by Gasteiger charge is 2.40. The third-order valence-electron chi connectivity index (χ3n) is 3.21. The molecule has 0 saturated carbocycles. The van der Waals surface area contributed by atoms with E-state index in [1.165, 1.54) is 16.7 Å². The van der Waals surface area contributed by atoms with Crippen molar-refractivity contribution in [2.24, 2.45) is 0 Å². The van der Waals surface area contributed by atoms with Gasteiger partial charge >= 0.3 is 5.97 Å². The number of halogens is 1. The molecule has 2 rings (SSSR count). The maximum atomic E-state index is 12.6. The van der Waals surface area contributed by atoms with Crippen molar-refractivity contribution in [3.8, 4) is 6.07 Å². The molecule has 1 unspecified atom stereocenters. The molecule has 120 valence electrons. The van der Waals surface area contributed by atoms with Crippen LogP contribution in [-0.4, -0.2) is 23.7 Å². The summed E-state index contributed by atoms with van der Waals surface area (Å²) in [4.78, 5) is 26.1. The Labute approximate surface area is 147 Å². The van der Waals surface area contributed by atoms with Gasteiger partial charge in [-0.1, -0.05) is 34.6 Å². The number of hydrogen-bond donors (Lipinski definition) is 0. The lowest BCUT2D eigenvalue weighted by Gasteiger charge is -2.18. The van der Waals surface area contributed by atoms with Crippen LogP contribution in [0.3, 0.4) is 0 Å². The highest BCUT2D eigenvalue weighted by atomic mass is 79.9. The zero-order valence-electron chi connectivity index (χ0n) is 12.7. The number of hydrogen-bond acceptors (Lipinski definition) is 5. The summed E-state index contributed by atoms with van der Waals surface area (Å²) in [7, 11) is 0. The first-order valence-corrected chi connectivity index (χ1v) is 8.78. The van der Waals surface area contributed by atoms with Gasteiger partial charge in [0.1, 0.15) is 11.1 Å². The van der Waals surface area contributed by atoms with Crippen LogP contribution in [0.1, 0.15) is 20.3 Å². The molecule has 1 aliphatic rings. The lowest BCUT2D eigenvalue weighted by molar-refractivity contribution is -0.138. The Morgan fingerprint density at radius 1 is 1.39 bits per heavy atom. The number of esters is 1. The summed E-state index contributed by atoms with van der Waals surface area (Å²) >= 11 is 4.58. The molecule has 5 nitrogen and oxygen atoms in total. The fraction of sp³-hybridized carbons (Fsp3) is 0.312. The number of benzene rings is 1. The zero-order valence-corrected chi connectivity index (χ0v) is 15.1. The molecule has 0 aliphatic carbocycles. The van der Waals surface area contributed by atoms with Crippen LogP contribution < -0.4 is 4.90 Å². The molecule has 1 heterocycles. The van der Waals surface area contributed by atoms with Gasteiger partial charge in [0.05, 0.1) is 11.9 Å². The summed E-state index contributed by atoms with van der Waals surface area (Å²) < 4.78 is 5.82. The van der Waals surface area contributed by atoms with Gasteiger partial charge in [0.15, 0.2) is 5.57 Å². The van der Waals surface area contributed by atoms with E-state index in [1.54, 1.807) is 31.2 Å². The lowest BCUT2D eigenvalue weighted by Crippen LogP contribution is -2.29. The van der Waals surface area contributed by atoms with Crippen LogP contribution in [-0.2, 0) is 14.3 Å². The van der Waals surface area contributed by atoms with Gasteiger partial charge in [-0.3, -0.25) is 9.69 Å². The molecule has 0 radical (unpaired) electrons. The minimum Gasteiger partial charge on any atom is -0.462 e. The Kier molecular flexibility index (Phi) is 5.85. The number of carbonyl (C=O) groups excluding carboxylic acids is 2. The topological polar surface area (TPSA) is 70.4 Å². The molecule has 1 amide bonds. The van der Waals surface area contributed by atoms with Crippen molar-refractivity contribution < 1.29 is 14.3 Å². The number of rotatable bonds is 4. The second-order valence-electron chi connectivity index (χ2n) is 4.68. The Morgan fingerprint density at radius 3 is 2.57 bits per heavy atom. The molecule has 0 bridgehead atoms. The third-order valence-corrected chi connectivity index (χ3v) is 5.17. The van der Waals surface area contributed by atoms with E-state index in [0.717, 1.165) is 4.47 Å². The van der Waals surface area contributed by atoms with Crippen LogP contribution in [0, 0.1) is 11.3 Å². The zero-order chi connectivity index (χ0) is 17.0.